The third kappa shape index (κ3) is 6.28. The maximum absolute atomic E-state index is 4.55. The monoisotopic (exact) mass is 825 g/mol. The SMILES string of the molecule is c1ccc2cc(-c3ccc4c(ccc5cc(N(c6ccc(-c7cc8ccccc8c8ccncc78)cc6)c6ccc(-c7cc8ccccc8c8ccncc78)cc6)ccc54)c3)ccc2c1. The van der Waals surface area contributed by atoms with Crippen LogP contribution in [0.1, 0.15) is 0 Å². The summed E-state index contributed by atoms with van der Waals surface area (Å²) in [5.41, 5.74) is 10.3. The summed E-state index contributed by atoms with van der Waals surface area (Å²) in [6, 6.07) is 77.7. The van der Waals surface area contributed by atoms with E-state index in [1.165, 1.54) is 86.9 Å². The minimum atomic E-state index is 1.07. The molecule has 0 bridgehead atoms. The van der Waals surface area contributed by atoms with Crippen LogP contribution >= 0.6 is 0 Å². The second-order valence-electron chi connectivity index (χ2n) is 17.0. The lowest BCUT2D eigenvalue weighted by molar-refractivity contribution is 1.29. The van der Waals surface area contributed by atoms with Gasteiger partial charge >= 0.3 is 0 Å². The molecular weight excluding hydrogens is 787 g/mol. The zero-order valence-electron chi connectivity index (χ0n) is 35.4. The molecule has 0 atom stereocenters. The Morgan fingerprint density at radius 1 is 0.246 bits per heavy atom. The predicted octanol–water partition coefficient (Wildman–Crippen LogP) is 17.0. The standard InChI is InChI=1S/C62H39N3/c1-2-8-43-33-44(14-13-40(43)7-1)45-21-27-55-48(34-45)15-16-49-35-52(26-28-56(49)55)65(50-22-17-41(18-23-50)59-36-46-9-3-5-11-53(46)57-29-31-63-38-61(57)59)51-24-19-42(20-25-51)60-37-47-10-4-6-12-54(47)58-30-32-64-39-62(58)60/h1-39H. The van der Waals surface area contributed by atoms with Gasteiger partial charge in [0, 0.05) is 52.6 Å². The Kier molecular flexibility index (Phi) is 8.53. The molecule has 13 aromatic rings. The Labute approximate surface area is 376 Å². The highest BCUT2D eigenvalue weighted by Gasteiger charge is 2.17. The zero-order chi connectivity index (χ0) is 42.8. The Morgan fingerprint density at radius 3 is 1.23 bits per heavy atom. The number of pyridine rings is 2. The Hall–Kier alpha value is -8.66. The summed E-state index contributed by atoms with van der Waals surface area (Å²) in [6.45, 7) is 0. The van der Waals surface area contributed by atoms with Crippen molar-refractivity contribution in [2.75, 3.05) is 4.90 Å². The molecule has 65 heavy (non-hydrogen) atoms. The number of anilines is 3. The Bertz CT molecular complexity index is 3840. The predicted molar refractivity (Wildman–Crippen MR) is 276 cm³/mol. The third-order valence-electron chi connectivity index (χ3n) is 13.4. The van der Waals surface area contributed by atoms with Gasteiger partial charge in [-0.15, -0.1) is 0 Å². The molecule has 11 aromatic carbocycles. The van der Waals surface area contributed by atoms with Crippen molar-refractivity contribution in [2.45, 2.75) is 0 Å². The minimum absolute atomic E-state index is 1.07. The fraction of sp³-hybridized carbons (Fsp3) is 0. The zero-order valence-corrected chi connectivity index (χ0v) is 35.4. The normalized spacial score (nSPS) is 11.7. The van der Waals surface area contributed by atoms with Crippen LogP contribution in [0, 0.1) is 0 Å². The van der Waals surface area contributed by atoms with Gasteiger partial charge in [-0.05, 0) is 171 Å². The van der Waals surface area contributed by atoms with Crippen LogP contribution in [0.2, 0.25) is 0 Å². The van der Waals surface area contributed by atoms with E-state index in [1.807, 2.05) is 24.8 Å². The van der Waals surface area contributed by atoms with E-state index in [4.69, 9.17) is 0 Å². The molecule has 0 amide bonds. The van der Waals surface area contributed by atoms with E-state index < -0.39 is 0 Å². The number of hydrogen-bond donors (Lipinski definition) is 0. The number of aromatic nitrogens is 2. The van der Waals surface area contributed by atoms with E-state index in [0.29, 0.717) is 0 Å². The average molecular weight is 826 g/mol. The van der Waals surface area contributed by atoms with Crippen molar-refractivity contribution in [3.05, 3.63) is 237 Å². The number of hydrogen-bond acceptors (Lipinski definition) is 3. The van der Waals surface area contributed by atoms with Gasteiger partial charge in [0.25, 0.3) is 0 Å². The molecule has 0 aliphatic heterocycles. The maximum Gasteiger partial charge on any atom is 0.0468 e. The quantitative estimate of drug-likeness (QED) is 0.156. The Morgan fingerprint density at radius 2 is 0.646 bits per heavy atom. The largest absolute Gasteiger partial charge is 0.310 e. The molecule has 0 aliphatic carbocycles. The van der Waals surface area contributed by atoms with Crippen molar-refractivity contribution in [1.29, 1.82) is 0 Å². The molecule has 0 N–H and O–H groups in total. The summed E-state index contributed by atoms with van der Waals surface area (Å²) in [5, 5.41) is 17.0. The second-order valence-corrected chi connectivity index (χ2v) is 17.0. The van der Waals surface area contributed by atoms with E-state index in [9.17, 15) is 0 Å². The fourth-order valence-corrected chi connectivity index (χ4v) is 10.1. The molecule has 0 fully saturated rings. The third-order valence-corrected chi connectivity index (χ3v) is 13.4. The molecular formula is C62H39N3. The van der Waals surface area contributed by atoms with Gasteiger partial charge in [-0.2, -0.15) is 0 Å². The number of benzene rings is 11. The van der Waals surface area contributed by atoms with E-state index >= 15 is 0 Å². The topological polar surface area (TPSA) is 29.0 Å². The Balaban J connectivity index is 0.926. The van der Waals surface area contributed by atoms with Crippen molar-refractivity contribution in [1.82, 2.24) is 9.97 Å². The van der Waals surface area contributed by atoms with Gasteiger partial charge in [0.2, 0.25) is 0 Å². The van der Waals surface area contributed by atoms with Crippen molar-refractivity contribution in [3.8, 4) is 33.4 Å². The summed E-state index contributed by atoms with van der Waals surface area (Å²) in [6.07, 6.45) is 7.77. The van der Waals surface area contributed by atoms with Crippen LogP contribution < -0.4 is 4.90 Å². The molecule has 0 radical (unpaired) electrons. The summed E-state index contributed by atoms with van der Waals surface area (Å²) < 4.78 is 0. The summed E-state index contributed by atoms with van der Waals surface area (Å²) in [4.78, 5) is 11.5. The van der Waals surface area contributed by atoms with Crippen LogP contribution in [-0.2, 0) is 0 Å². The van der Waals surface area contributed by atoms with E-state index in [-0.39, 0.29) is 0 Å². The molecule has 302 valence electrons. The smallest absolute Gasteiger partial charge is 0.0468 e. The second kappa shape index (κ2) is 15.0. The van der Waals surface area contributed by atoms with Gasteiger partial charge in [0.15, 0.2) is 0 Å². The first-order valence-electron chi connectivity index (χ1n) is 22.2. The van der Waals surface area contributed by atoms with Crippen LogP contribution in [0.25, 0.3) is 109 Å². The van der Waals surface area contributed by atoms with Crippen LogP contribution in [0.5, 0.6) is 0 Å². The highest BCUT2D eigenvalue weighted by molar-refractivity contribution is 6.15. The molecule has 0 saturated heterocycles. The first-order valence-corrected chi connectivity index (χ1v) is 22.2. The fourth-order valence-electron chi connectivity index (χ4n) is 10.1. The van der Waals surface area contributed by atoms with Crippen LogP contribution in [0.3, 0.4) is 0 Å². The van der Waals surface area contributed by atoms with Crippen LogP contribution in [0.15, 0.2) is 237 Å². The van der Waals surface area contributed by atoms with Gasteiger partial charge in [0.05, 0.1) is 0 Å². The van der Waals surface area contributed by atoms with Crippen LogP contribution in [0.4, 0.5) is 17.1 Å². The highest BCUT2D eigenvalue weighted by atomic mass is 15.1. The van der Waals surface area contributed by atoms with Gasteiger partial charge in [0.1, 0.15) is 0 Å². The molecule has 2 aromatic heterocycles. The molecule has 3 heteroatoms. The molecule has 0 saturated carbocycles. The molecule has 0 aliphatic rings. The summed E-state index contributed by atoms with van der Waals surface area (Å²) in [5.74, 6) is 0. The average Bonchev–Trinajstić information content (AvgIpc) is 3.38. The molecule has 3 nitrogen and oxygen atoms in total. The van der Waals surface area contributed by atoms with Gasteiger partial charge in [-0.1, -0.05) is 140 Å². The van der Waals surface area contributed by atoms with Gasteiger partial charge in [-0.25, -0.2) is 0 Å². The lowest BCUT2D eigenvalue weighted by atomic mass is 9.94. The molecule has 2 heterocycles. The van der Waals surface area contributed by atoms with Gasteiger partial charge in [-0.3, -0.25) is 9.97 Å². The highest BCUT2D eigenvalue weighted by Crippen LogP contribution is 2.42. The van der Waals surface area contributed by atoms with Crippen molar-refractivity contribution in [2.24, 2.45) is 0 Å². The maximum atomic E-state index is 4.55. The van der Waals surface area contributed by atoms with E-state index in [0.717, 1.165) is 39.0 Å². The van der Waals surface area contributed by atoms with E-state index in [1.54, 1.807) is 0 Å². The number of nitrogens with zero attached hydrogens (tertiary/aromatic N) is 3. The number of fused-ring (bicyclic) bond motifs is 10. The first kappa shape index (κ1) is 36.9. The van der Waals surface area contributed by atoms with Crippen molar-refractivity contribution >= 4 is 92.5 Å². The van der Waals surface area contributed by atoms with Crippen molar-refractivity contribution < 1.29 is 0 Å². The molecule has 0 spiro atoms. The lowest BCUT2D eigenvalue weighted by Gasteiger charge is -2.26. The van der Waals surface area contributed by atoms with Crippen LogP contribution in [-0.4, -0.2) is 9.97 Å². The first-order chi connectivity index (χ1) is 32.2. The summed E-state index contributed by atoms with van der Waals surface area (Å²) >= 11 is 0. The van der Waals surface area contributed by atoms with E-state index in [2.05, 4.69) is 227 Å². The summed E-state index contributed by atoms with van der Waals surface area (Å²) in [7, 11) is 0. The lowest BCUT2D eigenvalue weighted by Crippen LogP contribution is -2.10. The molecule has 13 rings (SSSR count). The minimum Gasteiger partial charge on any atom is -0.310 e. The molecule has 0 unspecified atom stereocenters. The van der Waals surface area contributed by atoms with Crippen molar-refractivity contribution in [3.63, 3.8) is 0 Å². The number of rotatable bonds is 6. The van der Waals surface area contributed by atoms with Gasteiger partial charge < -0.3 is 4.90 Å².